The van der Waals surface area contributed by atoms with Crippen molar-refractivity contribution in [2.45, 2.75) is 0 Å². The standard InChI is InChI=1S/C27H27N7O2/c1-34(2)17-7-12-27(35)33-24-11-6-10-23(31-24)32-26-18-25(28-19-29-26)30-20-13-15-22(16-14-20)36-21-8-4-3-5-9-21/h3-16,18-19H,17H2,1-2H3,(H3,28,29,30,31,32,33,35). The van der Waals surface area contributed by atoms with Gasteiger partial charge in [0.1, 0.15) is 41.1 Å². The van der Waals surface area contributed by atoms with Crippen LogP contribution >= 0.6 is 0 Å². The van der Waals surface area contributed by atoms with Crippen LogP contribution in [0.3, 0.4) is 0 Å². The zero-order chi connectivity index (χ0) is 25.2. The van der Waals surface area contributed by atoms with Gasteiger partial charge >= 0.3 is 0 Å². The first-order valence-electron chi connectivity index (χ1n) is 11.3. The zero-order valence-electron chi connectivity index (χ0n) is 20.1. The molecule has 0 bridgehead atoms. The van der Waals surface area contributed by atoms with Gasteiger partial charge in [0.05, 0.1) is 0 Å². The molecule has 0 aliphatic carbocycles. The highest BCUT2D eigenvalue weighted by atomic mass is 16.5. The molecule has 0 unspecified atom stereocenters. The molecule has 4 aromatic rings. The Morgan fingerprint density at radius 1 is 0.833 bits per heavy atom. The molecule has 0 saturated carbocycles. The van der Waals surface area contributed by atoms with E-state index in [0.717, 1.165) is 17.2 Å². The minimum atomic E-state index is -0.241. The van der Waals surface area contributed by atoms with E-state index in [1.807, 2.05) is 73.6 Å². The maximum Gasteiger partial charge on any atom is 0.249 e. The molecule has 2 aromatic heterocycles. The van der Waals surface area contributed by atoms with Crippen LogP contribution in [0.1, 0.15) is 0 Å². The van der Waals surface area contributed by atoms with Crippen LogP contribution in [-0.2, 0) is 4.79 Å². The van der Waals surface area contributed by atoms with Gasteiger partial charge < -0.3 is 25.6 Å². The van der Waals surface area contributed by atoms with Crippen LogP contribution in [-0.4, -0.2) is 46.4 Å². The van der Waals surface area contributed by atoms with E-state index in [0.29, 0.717) is 29.8 Å². The van der Waals surface area contributed by atoms with Crippen molar-refractivity contribution in [1.82, 2.24) is 19.9 Å². The lowest BCUT2D eigenvalue weighted by atomic mass is 10.3. The fourth-order valence-electron chi connectivity index (χ4n) is 3.12. The number of carbonyl (C=O) groups excluding carboxylic acids is 1. The number of anilines is 5. The molecule has 9 heteroatoms. The Bertz CT molecular complexity index is 1310. The molecule has 36 heavy (non-hydrogen) atoms. The lowest BCUT2D eigenvalue weighted by Gasteiger charge is -2.10. The predicted octanol–water partition coefficient (Wildman–Crippen LogP) is 5.21. The number of benzene rings is 2. The highest BCUT2D eigenvalue weighted by molar-refractivity contribution is 5.98. The lowest BCUT2D eigenvalue weighted by Crippen LogP contribution is -2.13. The van der Waals surface area contributed by atoms with E-state index in [4.69, 9.17) is 4.74 Å². The highest BCUT2D eigenvalue weighted by Gasteiger charge is 2.05. The summed E-state index contributed by atoms with van der Waals surface area (Å²) >= 11 is 0. The third-order valence-electron chi connectivity index (χ3n) is 4.77. The van der Waals surface area contributed by atoms with Gasteiger partial charge in [-0.1, -0.05) is 30.3 Å². The number of likely N-dealkylation sites (N-methyl/N-ethyl adjacent to an activating group) is 1. The number of hydrogen-bond donors (Lipinski definition) is 3. The minimum absolute atomic E-state index is 0.241. The van der Waals surface area contributed by atoms with E-state index < -0.39 is 0 Å². The summed E-state index contributed by atoms with van der Waals surface area (Å²) in [6, 6.07) is 24.3. The van der Waals surface area contributed by atoms with Crippen molar-refractivity contribution >= 4 is 34.9 Å². The number of nitrogens with zero attached hydrogens (tertiary/aromatic N) is 4. The first-order valence-corrected chi connectivity index (χ1v) is 11.3. The second-order valence-electron chi connectivity index (χ2n) is 8.04. The summed E-state index contributed by atoms with van der Waals surface area (Å²) in [6.07, 6.45) is 4.74. The second-order valence-corrected chi connectivity index (χ2v) is 8.04. The van der Waals surface area contributed by atoms with E-state index in [2.05, 4.69) is 30.9 Å². The molecule has 0 spiro atoms. The maximum atomic E-state index is 12.1. The van der Waals surface area contributed by atoms with Crippen molar-refractivity contribution in [1.29, 1.82) is 0 Å². The van der Waals surface area contributed by atoms with Crippen LogP contribution in [0.4, 0.5) is 29.0 Å². The first-order chi connectivity index (χ1) is 17.5. The number of aromatic nitrogens is 3. The summed E-state index contributed by atoms with van der Waals surface area (Å²) in [5.41, 5.74) is 0.852. The number of para-hydroxylation sites is 1. The van der Waals surface area contributed by atoms with Crippen LogP contribution in [0.25, 0.3) is 0 Å². The molecule has 182 valence electrons. The summed E-state index contributed by atoms with van der Waals surface area (Å²) in [7, 11) is 3.87. The fourth-order valence-corrected chi connectivity index (χ4v) is 3.12. The number of amides is 1. The van der Waals surface area contributed by atoms with E-state index in [1.165, 1.54) is 12.4 Å². The van der Waals surface area contributed by atoms with Gasteiger partial charge in [0.25, 0.3) is 0 Å². The maximum absolute atomic E-state index is 12.1. The third-order valence-corrected chi connectivity index (χ3v) is 4.77. The number of ether oxygens (including phenoxy) is 1. The van der Waals surface area contributed by atoms with Crippen LogP contribution in [0.5, 0.6) is 11.5 Å². The summed E-state index contributed by atoms with van der Waals surface area (Å²) < 4.78 is 5.83. The van der Waals surface area contributed by atoms with E-state index in [-0.39, 0.29) is 5.91 Å². The number of pyridine rings is 1. The van der Waals surface area contributed by atoms with Gasteiger partial charge in [-0.25, -0.2) is 15.0 Å². The van der Waals surface area contributed by atoms with Gasteiger partial charge in [0.15, 0.2) is 0 Å². The SMILES string of the molecule is CN(C)CC=CC(=O)Nc1cccc(Nc2cc(Nc3ccc(Oc4ccccc4)cc3)ncn2)n1. The molecule has 1 amide bonds. The van der Waals surface area contributed by atoms with Crippen molar-refractivity contribution in [3.05, 3.63) is 97.3 Å². The molecule has 0 atom stereocenters. The predicted molar refractivity (Wildman–Crippen MR) is 142 cm³/mol. The largest absolute Gasteiger partial charge is 0.457 e. The molecule has 0 radical (unpaired) electrons. The van der Waals surface area contributed by atoms with Gasteiger partial charge in [-0.2, -0.15) is 0 Å². The highest BCUT2D eigenvalue weighted by Crippen LogP contribution is 2.24. The molecule has 9 nitrogen and oxygen atoms in total. The second kappa shape index (κ2) is 12.1. The molecular formula is C27H27N7O2. The third kappa shape index (κ3) is 7.64. The van der Waals surface area contributed by atoms with E-state index >= 15 is 0 Å². The van der Waals surface area contributed by atoms with Crippen molar-refractivity contribution in [3.8, 4) is 11.5 Å². The molecule has 0 saturated heterocycles. The van der Waals surface area contributed by atoms with Gasteiger partial charge in [-0.05, 0) is 62.6 Å². The molecule has 0 fully saturated rings. The Labute approximate surface area is 209 Å². The Kier molecular flexibility index (Phi) is 8.18. The summed E-state index contributed by atoms with van der Waals surface area (Å²) in [5.74, 6) is 3.42. The molecule has 2 aromatic carbocycles. The Hall–Kier alpha value is -4.76. The van der Waals surface area contributed by atoms with Gasteiger partial charge in [0.2, 0.25) is 5.91 Å². The van der Waals surface area contributed by atoms with Crippen LogP contribution in [0, 0.1) is 0 Å². The summed E-state index contributed by atoms with van der Waals surface area (Å²) in [5, 5.41) is 9.15. The zero-order valence-corrected chi connectivity index (χ0v) is 20.1. The Balaban J connectivity index is 1.35. The molecule has 3 N–H and O–H groups in total. The van der Waals surface area contributed by atoms with Crippen molar-refractivity contribution in [2.24, 2.45) is 0 Å². The fraction of sp³-hybridized carbons (Fsp3) is 0.111. The Morgan fingerprint density at radius 2 is 1.53 bits per heavy atom. The van der Waals surface area contributed by atoms with E-state index in [1.54, 1.807) is 30.3 Å². The molecule has 0 aliphatic heterocycles. The van der Waals surface area contributed by atoms with Crippen LogP contribution in [0.15, 0.2) is 97.3 Å². The molecule has 0 aliphatic rings. The lowest BCUT2D eigenvalue weighted by molar-refractivity contribution is -0.111. The number of rotatable bonds is 10. The number of nitrogens with one attached hydrogen (secondary N) is 3. The normalized spacial score (nSPS) is 10.9. The average Bonchev–Trinajstić information content (AvgIpc) is 2.86. The average molecular weight is 482 g/mol. The summed E-state index contributed by atoms with van der Waals surface area (Å²) in [4.78, 5) is 27.0. The van der Waals surface area contributed by atoms with Crippen LogP contribution < -0.4 is 20.7 Å². The molecular weight excluding hydrogens is 454 g/mol. The monoisotopic (exact) mass is 481 g/mol. The van der Waals surface area contributed by atoms with Crippen molar-refractivity contribution in [3.63, 3.8) is 0 Å². The number of hydrogen-bond acceptors (Lipinski definition) is 8. The number of carbonyl (C=O) groups is 1. The minimum Gasteiger partial charge on any atom is -0.457 e. The van der Waals surface area contributed by atoms with Gasteiger partial charge in [-0.3, -0.25) is 4.79 Å². The van der Waals surface area contributed by atoms with Crippen LogP contribution in [0.2, 0.25) is 0 Å². The smallest absolute Gasteiger partial charge is 0.249 e. The van der Waals surface area contributed by atoms with Crippen molar-refractivity contribution in [2.75, 3.05) is 36.6 Å². The molecule has 4 rings (SSSR count). The quantitative estimate of drug-likeness (QED) is 0.265. The van der Waals surface area contributed by atoms with Gasteiger partial charge in [0, 0.05) is 24.4 Å². The van der Waals surface area contributed by atoms with E-state index in [9.17, 15) is 4.79 Å². The topological polar surface area (TPSA) is 104 Å². The Morgan fingerprint density at radius 3 is 2.28 bits per heavy atom. The first kappa shape index (κ1) is 24.4. The van der Waals surface area contributed by atoms with Gasteiger partial charge in [-0.15, -0.1) is 0 Å². The van der Waals surface area contributed by atoms with Crippen molar-refractivity contribution < 1.29 is 9.53 Å². The molecule has 2 heterocycles. The summed E-state index contributed by atoms with van der Waals surface area (Å²) in [6.45, 7) is 0.679.